The topological polar surface area (TPSA) is 92.2 Å². The molecule has 0 radical (unpaired) electrons. The Kier molecular flexibility index (Phi) is 7.11. The number of aryl methyl sites for hydroxylation is 1. The molecule has 1 atom stereocenters. The number of rotatable bonds is 7. The number of anilines is 2. The van der Waals surface area contributed by atoms with Gasteiger partial charge in [0.25, 0.3) is 0 Å². The molecule has 0 saturated carbocycles. The van der Waals surface area contributed by atoms with Gasteiger partial charge in [0.05, 0.1) is 23.8 Å². The molecule has 1 aromatic heterocycles. The molecule has 8 nitrogen and oxygen atoms in total. The van der Waals surface area contributed by atoms with Crippen molar-refractivity contribution in [2.24, 2.45) is 5.92 Å². The van der Waals surface area contributed by atoms with Crippen LogP contribution < -0.4 is 10.2 Å². The van der Waals surface area contributed by atoms with Crippen molar-refractivity contribution in [3.63, 3.8) is 0 Å². The molecule has 0 amide bonds. The number of nitrogens with zero attached hydrogens (tertiary/aromatic N) is 4. The monoisotopic (exact) mass is 479 g/mol. The molecule has 1 aromatic carbocycles. The number of likely N-dealkylation sites (tertiary alicyclic amines) is 1. The fourth-order valence-corrected chi connectivity index (χ4v) is 5.90. The van der Waals surface area contributed by atoms with Crippen LogP contribution in [0, 0.1) is 5.92 Å². The standard InChI is InChI=1S/C27H37N5O3/c1-2-23-22(21-5-3-4-6-25(21)33)15-24-27(29-23)28-16-20-18-31(13-14-32(20)24)17-19-7-10-30(11-8-19)12-9-26(34)35/h3-6,15,19-20,33H,2,7-14,16-18H2,1H3,(H,28,29)(H,34,35). The number of benzene rings is 1. The lowest BCUT2D eigenvalue weighted by Crippen LogP contribution is -2.58. The van der Waals surface area contributed by atoms with E-state index in [0.29, 0.717) is 24.3 Å². The van der Waals surface area contributed by atoms with Gasteiger partial charge in [-0.2, -0.15) is 0 Å². The van der Waals surface area contributed by atoms with Gasteiger partial charge in [0.15, 0.2) is 0 Å². The van der Waals surface area contributed by atoms with Crippen LogP contribution >= 0.6 is 0 Å². The van der Waals surface area contributed by atoms with Crippen molar-refractivity contribution < 1.29 is 15.0 Å². The van der Waals surface area contributed by atoms with Crippen LogP contribution in [0.25, 0.3) is 11.1 Å². The molecule has 2 saturated heterocycles. The van der Waals surface area contributed by atoms with Crippen molar-refractivity contribution in [3.8, 4) is 16.9 Å². The number of aromatic hydroxyl groups is 1. The Morgan fingerprint density at radius 2 is 1.91 bits per heavy atom. The van der Waals surface area contributed by atoms with Crippen LogP contribution in [0.3, 0.4) is 0 Å². The number of phenols is 1. The summed E-state index contributed by atoms with van der Waals surface area (Å²) < 4.78 is 0. The molecule has 5 rings (SSSR count). The summed E-state index contributed by atoms with van der Waals surface area (Å²) in [5.74, 6) is 1.23. The molecule has 1 unspecified atom stereocenters. The predicted octanol–water partition coefficient (Wildman–Crippen LogP) is 3.12. The fourth-order valence-electron chi connectivity index (χ4n) is 5.90. The van der Waals surface area contributed by atoms with E-state index in [4.69, 9.17) is 10.1 Å². The zero-order chi connectivity index (χ0) is 24.4. The van der Waals surface area contributed by atoms with Crippen molar-refractivity contribution >= 4 is 17.5 Å². The summed E-state index contributed by atoms with van der Waals surface area (Å²) in [7, 11) is 0. The summed E-state index contributed by atoms with van der Waals surface area (Å²) in [6.45, 7) is 9.87. The SMILES string of the molecule is CCc1nc2c(cc1-c1ccccc1O)N1CCN(CC3CCN(CCC(=O)O)CC3)CC1CN2. The van der Waals surface area contributed by atoms with E-state index in [2.05, 4.69) is 33.0 Å². The highest BCUT2D eigenvalue weighted by Crippen LogP contribution is 2.39. The van der Waals surface area contributed by atoms with Gasteiger partial charge in [-0.05, 0) is 50.4 Å². The minimum atomic E-state index is -0.707. The summed E-state index contributed by atoms with van der Waals surface area (Å²) in [5, 5.41) is 23.0. The highest BCUT2D eigenvalue weighted by Gasteiger charge is 2.34. The maximum Gasteiger partial charge on any atom is 0.304 e. The van der Waals surface area contributed by atoms with Gasteiger partial charge in [0.2, 0.25) is 0 Å². The number of aromatic nitrogens is 1. The number of pyridine rings is 1. The minimum Gasteiger partial charge on any atom is -0.507 e. The molecule has 188 valence electrons. The summed E-state index contributed by atoms with van der Waals surface area (Å²) >= 11 is 0. The second kappa shape index (κ2) is 10.4. The fraction of sp³-hybridized carbons (Fsp3) is 0.556. The number of aliphatic carboxylic acids is 1. The Balaban J connectivity index is 1.24. The number of phenolic OH excluding ortho intramolecular Hbond substituents is 1. The Hall–Kier alpha value is -2.84. The van der Waals surface area contributed by atoms with Gasteiger partial charge in [-0.25, -0.2) is 4.98 Å². The van der Waals surface area contributed by atoms with E-state index >= 15 is 0 Å². The summed E-state index contributed by atoms with van der Waals surface area (Å²) in [5.41, 5.74) is 4.01. The van der Waals surface area contributed by atoms with E-state index in [9.17, 15) is 9.90 Å². The maximum absolute atomic E-state index is 10.8. The Morgan fingerprint density at radius 3 is 2.66 bits per heavy atom. The van der Waals surface area contributed by atoms with E-state index in [-0.39, 0.29) is 6.42 Å². The van der Waals surface area contributed by atoms with Crippen molar-refractivity contribution in [3.05, 3.63) is 36.0 Å². The van der Waals surface area contributed by atoms with Crippen LogP contribution in [-0.4, -0.2) is 89.4 Å². The first-order valence-electron chi connectivity index (χ1n) is 13.0. The molecule has 0 bridgehead atoms. The zero-order valence-electron chi connectivity index (χ0n) is 20.6. The van der Waals surface area contributed by atoms with Gasteiger partial charge in [0, 0.05) is 50.4 Å². The number of carboxylic acid groups (broad SMARTS) is 1. The number of carboxylic acids is 1. The summed E-state index contributed by atoms with van der Waals surface area (Å²) in [6.07, 6.45) is 3.35. The van der Waals surface area contributed by atoms with Crippen LogP contribution in [0.15, 0.2) is 30.3 Å². The summed E-state index contributed by atoms with van der Waals surface area (Å²) in [4.78, 5) is 23.2. The van der Waals surface area contributed by atoms with Crippen molar-refractivity contribution in [2.75, 3.05) is 62.6 Å². The number of piperidine rings is 1. The normalized spacial score (nSPS) is 21.3. The largest absolute Gasteiger partial charge is 0.507 e. The number of para-hydroxylation sites is 1. The average Bonchev–Trinajstić information content (AvgIpc) is 2.87. The lowest BCUT2D eigenvalue weighted by Gasteiger charge is -2.47. The molecule has 4 heterocycles. The predicted molar refractivity (Wildman–Crippen MR) is 138 cm³/mol. The van der Waals surface area contributed by atoms with Gasteiger partial charge in [-0.15, -0.1) is 0 Å². The van der Waals surface area contributed by atoms with Gasteiger partial charge in [-0.1, -0.05) is 25.1 Å². The zero-order valence-corrected chi connectivity index (χ0v) is 20.6. The molecule has 2 aromatic rings. The Morgan fingerprint density at radius 1 is 1.11 bits per heavy atom. The Labute approximate surface area is 207 Å². The van der Waals surface area contributed by atoms with Crippen LogP contribution in [-0.2, 0) is 11.2 Å². The van der Waals surface area contributed by atoms with E-state index < -0.39 is 5.97 Å². The second-order valence-corrected chi connectivity index (χ2v) is 10.1. The Bertz CT molecular complexity index is 1050. The minimum absolute atomic E-state index is 0.239. The highest BCUT2D eigenvalue weighted by atomic mass is 16.4. The molecule has 35 heavy (non-hydrogen) atoms. The molecular formula is C27H37N5O3. The number of fused-ring (bicyclic) bond motifs is 3. The first-order chi connectivity index (χ1) is 17.0. The van der Waals surface area contributed by atoms with Crippen LogP contribution in [0.5, 0.6) is 5.75 Å². The van der Waals surface area contributed by atoms with Gasteiger partial charge in [0.1, 0.15) is 11.6 Å². The van der Waals surface area contributed by atoms with E-state index in [0.717, 1.165) is 93.4 Å². The molecule has 8 heteroatoms. The number of carbonyl (C=O) groups is 1. The van der Waals surface area contributed by atoms with Crippen molar-refractivity contribution in [2.45, 2.75) is 38.6 Å². The van der Waals surface area contributed by atoms with Crippen molar-refractivity contribution in [1.29, 1.82) is 0 Å². The molecule has 0 spiro atoms. The first kappa shape index (κ1) is 23.9. The quantitative estimate of drug-likeness (QED) is 0.558. The molecule has 3 aliphatic heterocycles. The van der Waals surface area contributed by atoms with Crippen LogP contribution in [0.4, 0.5) is 11.5 Å². The first-order valence-corrected chi connectivity index (χ1v) is 13.0. The van der Waals surface area contributed by atoms with E-state index in [1.54, 1.807) is 6.07 Å². The van der Waals surface area contributed by atoms with Crippen LogP contribution in [0.2, 0.25) is 0 Å². The van der Waals surface area contributed by atoms with Gasteiger partial charge >= 0.3 is 5.97 Å². The average molecular weight is 480 g/mol. The van der Waals surface area contributed by atoms with E-state index in [1.807, 2.05) is 18.2 Å². The highest BCUT2D eigenvalue weighted by molar-refractivity contribution is 5.81. The summed E-state index contributed by atoms with van der Waals surface area (Å²) in [6, 6.07) is 10.1. The van der Waals surface area contributed by atoms with Crippen molar-refractivity contribution in [1.82, 2.24) is 14.8 Å². The molecule has 2 fully saturated rings. The number of hydrogen-bond donors (Lipinski definition) is 3. The smallest absolute Gasteiger partial charge is 0.304 e. The number of hydrogen-bond acceptors (Lipinski definition) is 7. The van der Waals surface area contributed by atoms with Gasteiger partial charge in [-0.3, -0.25) is 9.69 Å². The molecule has 0 aliphatic carbocycles. The third-order valence-electron chi connectivity index (χ3n) is 7.86. The maximum atomic E-state index is 10.8. The molecule has 3 aliphatic rings. The molecular weight excluding hydrogens is 442 g/mol. The lowest BCUT2D eigenvalue weighted by molar-refractivity contribution is -0.137. The molecule has 3 N–H and O–H groups in total. The lowest BCUT2D eigenvalue weighted by atomic mass is 9.95. The number of nitrogens with one attached hydrogen (secondary N) is 1. The third kappa shape index (κ3) is 5.23. The second-order valence-electron chi connectivity index (χ2n) is 10.1. The van der Waals surface area contributed by atoms with Gasteiger partial charge < -0.3 is 25.3 Å². The number of piperazine rings is 1. The van der Waals surface area contributed by atoms with E-state index in [1.165, 1.54) is 0 Å². The van der Waals surface area contributed by atoms with Crippen LogP contribution in [0.1, 0.15) is 31.9 Å². The third-order valence-corrected chi connectivity index (χ3v) is 7.86.